The summed E-state index contributed by atoms with van der Waals surface area (Å²) in [7, 11) is 0. The molecular weight excluding hydrogens is 240 g/mol. The highest BCUT2D eigenvalue weighted by Crippen LogP contribution is 2.37. The zero-order chi connectivity index (χ0) is 13.9. The topological polar surface area (TPSA) is 38.7 Å². The standard InChI is InChI=1S/C16H24O3/c1-4-18-12-6-5-7-13(10-12)19-15-11-16(2,3)9-8-14(15)17/h5-7,10,14-15,17H,4,8-9,11H2,1-3H3. The van der Waals surface area contributed by atoms with Gasteiger partial charge in [0.15, 0.2) is 0 Å². The fourth-order valence-electron chi connectivity index (χ4n) is 2.61. The lowest BCUT2D eigenvalue weighted by molar-refractivity contribution is -0.0305. The summed E-state index contributed by atoms with van der Waals surface area (Å²) in [4.78, 5) is 0. The average molecular weight is 264 g/mol. The molecule has 0 amide bonds. The second-order valence-electron chi connectivity index (χ2n) is 6.04. The third-order valence-electron chi connectivity index (χ3n) is 3.70. The number of aliphatic hydroxyl groups excluding tert-OH is 1. The molecule has 2 atom stereocenters. The minimum atomic E-state index is -0.372. The molecule has 0 radical (unpaired) electrons. The van der Waals surface area contributed by atoms with E-state index in [0.717, 1.165) is 30.8 Å². The van der Waals surface area contributed by atoms with Crippen LogP contribution in [0.2, 0.25) is 0 Å². The number of hydrogen-bond acceptors (Lipinski definition) is 3. The van der Waals surface area contributed by atoms with Gasteiger partial charge in [-0.2, -0.15) is 0 Å². The predicted molar refractivity (Wildman–Crippen MR) is 75.7 cm³/mol. The molecular formula is C16H24O3. The van der Waals surface area contributed by atoms with E-state index >= 15 is 0 Å². The fraction of sp³-hybridized carbons (Fsp3) is 0.625. The van der Waals surface area contributed by atoms with E-state index in [4.69, 9.17) is 9.47 Å². The second-order valence-corrected chi connectivity index (χ2v) is 6.04. The van der Waals surface area contributed by atoms with Crippen molar-refractivity contribution in [2.75, 3.05) is 6.61 Å². The number of hydrogen-bond donors (Lipinski definition) is 1. The summed E-state index contributed by atoms with van der Waals surface area (Å²) in [6.07, 6.45) is 2.24. The van der Waals surface area contributed by atoms with Crippen molar-refractivity contribution in [3.63, 3.8) is 0 Å². The normalized spacial score (nSPS) is 25.9. The molecule has 2 rings (SSSR count). The summed E-state index contributed by atoms with van der Waals surface area (Å²) in [6, 6.07) is 7.63. The molecule has 1 N–H and O–H groups in total. The smallest absolute Gasteiger partial charge is 0.125 e. The van der Waals surface area contributed by atoms with Crippen molar-refractivity contribution in [1.82, 2.24) is 0 Å². The molecule has 3 nitrogen and oxygen atoms in total. The van der Waals surface area contributed by atoms with Crippen LogP contribution in [0.5, 0.6) is 11.5 Å². The van der Waals surface area contributed by atoms with E-state index < -0.39 is 0 Å². The number of rotatable bonds is 4. The third kappa shape index (κ3) is 3.87. The molecule has 3 heteroatoms. The van der Waals surface area contributed by atoms with Crippen LogP contribution in [0.15, 0.2) is 24.3 Å². The quantitative estimate of drug-likeness (QED) is 0.905. The molecule has 1 saturated carbocycles. The summed E-state index contributed by atoms with van der Waals surface area (Å²) in [5.74, 6) is 1.58. The molecule has 1 aromatic carbocycles. The van der Waals surface area contributed by atoms with Crippen molar-refractivity contribution in [2.45, 2.75) is 52.2 Å². The maximum absolute atomic E-state index is 10.1. The van der Waals surface area contributed by atoms with Gasteiger partial charge in [-0.15, -0.1) is 0 Å². The summed E-state index contributed by atoms with van der Waals surface area (Å²) >= 11 is 0. The van der Waals surface area contributed by atoms with E-state index in [2.05, 4.69) is 13.8 Å². The maximum Gasteiger partial charge on any atom is 0.125 e. The van der Waals surface area contributed by atoms with Crippen LogP contribution in [0.1, 0.15) is 40.0 Å². The Labute approximate surface area is 115 Å². The highest BCUT2D eigenvalue weighted by Gasteiger charge is 2.35. The average Bonchev–Trinajstić information content (AvgIpc) is 2.35. The molecule has 2 unspecified atom stereocenters. The summed E-state index contributed by atoms with van der Waals surface area (Å²) < 4.78 is 11.4. The van der Waals surface area contributed by atoms with Gasteiger partial charge in [-0.25, -0.2) is 0 Å². The van der Waals surface area contributed by atoms with Gasteiger partial charge in [-0.3, -0.25) is 0 Å². The Bertz CT molecular complexity index is 414. The van der Waals surface area contributed by atoms with Gasteiger partial charge in [0.25, 0.3) is 0 Å². The van der Waals surface area contributed by atoms with Gasteiger partial charge in [0.05, 0.1) is 12.7 Å². The van der Waals surface area contributed by atoms with Crippen LogP contribution in [0, 0.1) is 5.41 Å². The van der Waals surface area contributed by atoms with Gasteiger partial charge in [0, 0.05) is 6.07 Å². The van der Waals surface area contributed by atoms with Crippen LogP contribution >= 0.6 is 0 Å². The lowest BCUT2D eigenvalue weighted by Crippen LogP contribution is -2.41. The van der Waals surface area contributed by atoms with E-state index in [0.29, 0.717) is 6.61 Å². The SMILES string of the molecule is CCOc1cccc(OC2CC(C)(C)CCC2O)c1. The number of benzene rings is 1. The van der Waals surface area contributed by atoms with E-state index in [1.165, 1.54) is 0 Å². The van der Waals surface area contributed by atoms with Crippen LogP contribution in [0.25, 0.3) is 0 Å². The zero-order valence-electron chi connectivity index (χ0n) is 12.1. The van der Waals surface area contributed by atoms with Gasteiger partial charge in [0.2, 0.25) is 0 Å². The highest BCUT2D eigenvalue weighted by atomic mass is 16.5. The second kappa shape index (κ2) is 5.83. The van der Waals surface area contributed by atoms with E-state index in [1.54, 1.807) is 0 Å². The maximum atomic E-state index is 10.1. The van der Waals surface area contributed by atoms with Crippen molar-refractivity contribution in [2.24, 2.45) is 5.41 Å². The molecule has 0 aliphatic heterocycles. The lowest BCUT2D eigenvalue weighted by atomic mass is 9.75. The highest BCUT2D eigenvalue weighted by molar-refractivity contribution is 5.33. The molecule has 1 aliphatic rings. The van der Waals surface area contributed by atoms with E-state index in [1.807, 2.05) is 31.2 Å². The third-order valence-corrected chi connectivity index (χ3v) is 3.70. The van der Waals surface area contributed by atoms with Gasteiger partial charge >= 0.3 is 0 Å². The Hall–Kier alpha value is -1.22. The Morgan fingerprint density at radius 1 is 1.32 bits per heavy atom. The molecule has 106 valence electrons. The molecule has 1 aliphatic carbocycles. The molecule has 1 fully saturated rings. The minimum Gasteiger partial charge on any atom is -0.494 e. The van der Waals surface area contributed by atoms with Crippen LogP contribution in [-0.4, -0.2) is 23.9 Å². The Morgan fingerprint density at radius 3 is 2.79 bits per heavy atom. The minimum absolute atomic E-state index is 0.124. The molecule has 0 saturated heterocycles. The molecule has 0 spiro atoms. The number of aliphatic hydroxyl groups is 1. The van der Waals surface area contributed by atoms with Crippen molar-refractivity contribution in [1.29, 1.82) is 0 Å². The van der Waals surface area contributed by atoms with Crippen molar-refractivity contribution < 1.29 is 14.6 Å². The van der Waals surface area contributed by atoms with E-state index in [9.17, 15) is 5.11 Å². The molecule has 0 bridgehead atoms. The van der Waals surface area contributed by atoms with Crippen LogP contribution in [-0.2, 0) is 0 Å². The first-order valence-corrected chi connectivity index (χ1v) is 7.08. The van der Waals surface area contributed by atoms with Gasteiger partial charge in [-0.05, 0) is 43.7 Å². The fourth-order valence-corrected chi connectivity index (χ4v) is 2.61. The van der Waals surface area contributed by atoms with Gasteiger partial charge in [-0.1, -0.05) is 19.9 Å². The van der Waals surface area contributed by atoms with E-state index in [-0.39, 0.29) is 17.6 Å². The number of ether oxygens (including phenoxy) is 2. The van der Waals surface area contributed by atoms with Gasteiger partial charge < -0.3 is 14.6 Å². The summed E-state index contributed by atoms with van der Waals surface area (Å²) in [5, 5.41) is 10.1. The Balaban J connectivity index is 2.05. The molecule has 0 heterocycles. The predicted octanol–water partition coefficient (Wildman–Crippen LogP) is 3.40. The zero-order valence-corrected chi connectivity index (χ0v) is 12.1. The van der Waals surface area contributed by atoms with Crippen LogP contribution in [0.3, 0.4) is 0 Å². The first-order valence-electron chi connectivity index (χ1n) is 7.08. The van der Waals surface area contributed by atoms with Gasteiger partial charge in [0.1, 0.15) is 17.6 Å². The monoisotopic (exact) mass is 264 g/mol. The van der Waals surface area contributed by atoms with Crippen LogP contribution in [0.4, 0.5) is 0 Å². The largest absolute Gasteiger partial charge is 0.494 e. The summed E-state index contributed by atoms with van der Waals surface area (Å²) in [5.41, 5.74) is 0.238. The first-order chi connectivity index (χ1) is 9.00. The molecule has 0 aromatic heterocycles. The summed E-state index contributed by atoms with van der Waals surface area (Å²) in [6.45, 7) is 7.06. The Morgan fingerprint density at radius 2 is 2.05 bits per heavy atom. The Kier molecular flexibility index (Phi) is 4.35. The lowest BCUT2D eigenvalue weighted by Gasteiger charge is -2.38. The van der Waals surface area contributed by atoms with Crippen molar-refractivity contribution >= 4 is 0 Å². The van der Waals surface area contributed by atoms with Crippen LogP contribution < -0.4 is 9.47 Å². The molecule has 1 aromatic rings. The van der Waals surface area contributed by atoms with Crippen molar-refractivity contribution in [3.8, 4) is 11.5 Å². The molecule has 19 heavy (non-hydrogen) atoms. The first kappa shape index (κ1) is 14.2. The van der Waals surface area contributed by atoms with Crippen molar-refractivity contribution in [3.05, 3.63) is 24.3 Å².